The molecular formula is C13H14BrClN2. The fourth-order valence-corrected chi connectivity index (χ4v) is 2.41. The quantitative estimate of drug-likeness (QED) is 0.913. The topological polar surface area (TPSA) is 30.9 Å². The molecule has 0 amide bonds. The van der Waals surface area contributed by atoms with Crippen molar-refractivity contribution in [2.45, 2.75) is 19.5 Å². The maximum atomic E-state index is 6.18. The van der Waals surface area contributed by atoms with E-state index in [-0.39, 0.29) is 6.04 Å². The summed E-state index contributed by atoms with van der Waals surface area (Å²) in [6.45, 7) is 2.74. The van der Waals surface area contributed by atoms with E-state index < -0.39 is 0 Å². The van der Waals surface area contributed by atoms with E-state index in [4.69, 9.17) is 17.3 Å². The number of halogens is 2. The smallest absolute Gasteiger partial charge is 0.0485 e. The van der Waals surface area contributed by atoms with Crippen LogP contribution in [0, 0.1) is 0 Å². The Balaban J connectivity index is 2.19. The molecular weight excluding hydrogens is 300 g/mol. The van der Waals surface area contributed by atoms with Crippen molar-refractivity contribution in [3.05, 3.63) is 57.3 Å². The van der Waals surface area contributed by atoms with Crippen molar-refractivity contribution in [3.63, 3.8) is 0 Å². The fraction of sp³-hybridized carbons (Fsp3) is 0.231. The maximum absolute atomic E-state index is 6.18. The van der Waals surface area contributed by atoms with Crippen LogP contribution in [0.1, 0.15) is 24.1 Å². The van der Waals surface area contributed by atoms with Gasteiger partial charge in [0.1, 0.15) is 0 Å². The molecule has 0 radical (unpaired) electrons. The second kappa shape index (κ2) is 5.25. The van der Waals surface area contributed by atoms with Gasteiger partial charge in [-0.15, -0.1) is 0 Å². The first-order valence-electron chi connectivity index (χ1n) is 5.41. The van der Waals surface area contributed by atoms with E-state index in [2.05, 4.69) is 26.7 Å². The van der Waals surface area contributed by atoms with Crippen LogP contribution in [0.15, 0.2) is 41.1 Å². The average Bonchev–Trinajstić information content (AvgIpc) is 2.71. The first-order chi connectivity index (χ1) is 8.06. The summed E-state index contributed by atoms with van der Waals surface area (Å²) in [6.07, 6.45) is 4.08. The molecule has 0 bridgehead atoms. The second-order valence-corrected chi connectivity index (χ2v) is 5.46. The number of hydrogen-bond donors (Lipinski definition) is 1. The summed E-state index contributed by atoms with van der Waals surface area (Å²) in [5.41, 5.74) is 8.06. The Morgan fingerprint density at radius 3 is 2.76 bits per heavy atom. The zero-order chi connectivity index (χ0) is 12.4. The Kier molecular flexibility index (Phi) is 3.92. The Labute approximate surface area is 115 Å². The number of benzene rings is 1. The van der Waals surface area contributed by atoms with Gasteiger partial charge in [-0.05, 0) is 36.2 Å². The van der Waals surface area contributed by atoms with Crippen LogP contribution in [-0.2, 0) is 6.54 Å². The third-order valence-corrected chi connectivity index (χ3v) is 3.51. The van der Waals surface area contributed by atoms with E-state index >= 15 is 0 Å². The van der Waals surface area contributed by atoms with Crippen molar-refractivity contribution in [3.8, 4) is 0 Å². The lowest BCUT2D eigenvalue weighted by molar-refractivity contribution is 0.777. The van der Waals surface area contributed by atoms with Crippen LogP contribution in [-0.4, -0.2) is 4.57 Å². The largest absolute Gasteiger partial charge is 0.350 e. The maximum Gasteiger partial charge on any atom is 0.0485 e. The molecule has 0 spiro atoms. The molecule has 0 aliphatic heterocycles. The van der Waals surface area contributed by atoms with E-state index in [0.29, 0.717) is 0 Å². The molecule has 4 heteroatoms. The van der Waals surface area contributed by atoms with Gasteiger partial charge in [0, 0.05) is 34.5 Å². The zero-order valence-electron chi connectivity index (χ0n) is 9.53. The van der Waals surface area contributed by atoms with E-state index in [1.807, 2.05) is 37.4 Å². The predicted octanol–water partition coefficient (Wildman–Crippen LogP) is 3.97. The minimum Gasteiger partial charge on any atom is -0.350 e. The van der Waals surface area contributed by atoms with Crippen molar-refractivity contribution >= 4 is 27.5 Å². The zero-order valence-corrected chi connectivity index (χ0v) is 11.9. The van der Waals surface area contributed by atoms with Crippen LogP contribution in [0.25, 0.3) is 0 Å². The molecule has 17 heavy (non-hydrogen) atoms. The molecule has 1 aromatic heterocycles. The molecule has 2 N–H and O–H groups in total. The van der Waals surface area contributed by atoms with Crippen molar-refractivity contribution in [1.29, 1.82) is 0 Å². The molecule has 1 aromatic carbocycles. The Hall–Kier alpha value is -0.770. The Bertz CT molecular complexity index is 520. The van der Waals surface area contributed by atoms with Gasteiger partial charge < -0.3 is 10.3 Å². The van der Waals surface area contributed by atoms with Crippen LogP contribution in [0.2, 0.25) is 5.02 Å². The summed E-state index contributed by atoms with van der Waals surface area (Å²) < 4.78 is 3.09. The van der Waals surface area contributed by atoms with Crippen LogP contribution >= 0.6 is 27.5 Å². The summed E-state index contributed by atoms with van der Waals surface area (Å²) in [5.74, 6) is 0. The monoisotopic (exact) mass is 312 g/mol. The van der Waals surface area contributed by atoms with Gasteiger partial charge >= 0.3 is 0 Å². The molecule has 1 unspecified atom stereocenters. The molecule has 2 nitrogen and oxygen atoms in total. The van der Waals surface area contributed by atoms with Gasteiger partial charge in [0.2, 0.25) is 0 Å². The Morgan fingerprint density at radius 1 is 1.41 bits per heavy atom. The van der Waals surface area contributed by atoms with E-state index in [0.717, 1.165) is 27.2 Å². The lowest BCUT2D eigenvalue weighted by Gasteiger charge is -2.06. The molecule has 0 aliphatic carbocycles. The molecule has 0 saturated heterocycles. The summed E-state index contributed by atoms with van der Waals surface area (Å²) >= 11 is 9.58. The first-order valence-corrected chi connectivity index (χ1v) is 6.58. The lowest BCUT2D eigenvalue weighted by atomic mass is 10.2. The molecule has 2 aromatic rings. The normalized spacial score (nSPS) is 12.7. The van der Waals surface area contributed by atoms with Gasteiger partial charge in [0.25, 0.3) is 0 Å². The van der Waals surface area contributed by atoms with E-state index in [1.54, 1.807) is 0 Å². The third kappa shape index (κ3) is 3.12. The van der Waals surface area contributed by atoms with E-state index in [1.165, 1.54) is 0 Å². The summed E-state index contributed by atoms with van der Waals surface area (Å²) in [6, 6.07) is 8.04. The van der Waals surface area contributed by atoms with Crippen molar-refractivity contribution < 1.29 is 0 Å². The van der Waals surface area contributed by atoms with Crippen molar-refractivity contribution in [2.75, 3.05) is 0 Å². The van der Waals surface area contributed by atoms with Crippen LogP contribution in [0.3, 0.4) is 0 Å². The highest BCUT2D eigenvalue weighted by Crippen LogP contribution is 2.22. The highest BCUT2D eigenvalue weighted by molar-refractivity contribution is 9.10. The van der Waals surface area contributed by atoms with Gasteiger partial charge in [-0.2, -0.15) is 0 Å². The first kappa shape index (κ1) is 12.7. The minimum atomic E-state index is 0.0663. The molecule has 0 aliphatic rings. The number of nitrogens with zero attached hydrogens (tertiary/aromatic N) is 1. The van der Waals surface area contributed by atoms with Gasteiger partial charge in [0.15, 0.2) is 0 Å². The summed E-state index contributed by atoms with van der Waals surface area (Å²) in [4.78, 5) is 0. The standard InChI is InChI=1S/C13H14BrClN2/c1-9(16)10-4-5-17(7-10)8-11-2-3-12(14)6-13(11)15/h2-7,9H,8,16H2,1H3. The minimum absolute atomic E-state index is 0.0663. The van der Waals surface area contributed by atoms with Crippen LogP contribution < -0.4 is 5.73 Å². The lowest BCUT2D eigenvalue weighted by Crippen LogP contribution is -2.04. The highest BCUT2D eigenvalue weighted by atomic mass is 79.9. The van der Waals surface area contributed by atoms with Crippen molar-refractivity contribution in [1.82, 2.24) is 4.57 Å². The molecule has 1 atom stereocenters. The summed E-state index contributed by atoms with van der Waals surface area (Å²) in [7, 11) is 0. The Morgan fingerprint density at radius 2 is 2.18 bits per heavy atom. The van der Waals surface area contributed by atoms with Crippen LogP contribution in [0.5, 0.6) is 0 Å². The molecule has 2 rings (SSSR count). The number of aromatic nitrogens is 1. The number of hydrogen-bond acceptors (Lipinski definition) is 1. The van der Waals surface area contributed by atoms with E-state index in [9.17, 15) is 0 Å². The molecule has 0 saturated carbocycles. The average molecular weight is 314 g/mol. The third-order valence-electron chi connectivity index (χ3n) is 2.67. The molecule has 1 heterocycles. The highest BCUT2D eigenvalue weighted by Gasteiger charge is 2.04. The summed E-state index contributed by atoms with van der Waals surface area (Å²) in [5, 5.41) is 0.774. The number of rotatable bonds is 3. The van der Waals surface area contributed by atoms with Crippen LogP contribution in [0.4, 0.5) is 0 Å². The SMILES string of the molecule is CC(N)c1ccn(Cc2ccc(Br)cc2Cl)c1. The molecule has 0 fully saturated rings. The van der Waals surface area contributed by atoms with Gasteiger partial charge in [-0.1, -0.05) is 33.6 Å². The fourth-order valence-electron chi connectivity index (χ4n) is 1.67. The second-order valence-electron chi connectivity index (χ2n) is 4.14. The van der Waals surface area contributed by atoms with Gasteiger partial charge in [0.05, 0.1) is 0 Å². The van der Waals surface area contributed by atoms with Crippen molar-refractivity contribution in [2.24, 2.45) is 5.73 Å². The van der Waals surface area contributed by atoms with Gasteiger partial charge in [-0.25, -0.2) is 0 Å². The molecule has 90 valence electrons. The van der Waals surface area contributed by atoms with Gasteiger partial charge in [-0.3, -0.25) is 0 Å². The predicted molar refractivity (Wildman–Crippen MR) is 75.3 cm³/mol. The number of nitrogens with two attached hydrogens (primary N) is 1.